The van der Waals surface area contributed by atoms with Gasteiger partial charge in [-0.25, -0.2) is 4.57 Å². The van der Waals surface area contributed by atoms with Gasteiger partial charge in [0.15, 0.2) is 8.32 Å². The molecular formula is C15H33Cl2O5PSi. The van der Waals surface area contributed by atoms with E-state index in [4.69, 9.17) is 41.2 Å². The molecule has 0 fully saturated rings. The van der Waals surface area contributed by atoms with Crippen molar-refractivity contribution in [3.63, 3.8) is 0 Å². The first kappa shape index (κ1) is 24.9. The van der Waals surface area contributed by atoms with Crippen molar-refractivity contribution in [1.29, 1.82) is 0 Å². The summed E-state index contributed by atoms with van der Waals surface area (Å²) in [5, 5.41) is 0.0870. The van der Waals surface area contributed by atoms with Gasteiger partial charge in [0.25, 0.3) is 0 Å². The fourth-order valence-electron chi connectivity index (χ4n) is 1.36. The largest absolute Gasteiger partial charge is 0.475 e. The molecule has 0 aliphatic heterocycles. The van der Waals surface area contributed by atoms with Crippen LogP contribution in [0.1, 0.15) is 41.5 Å². The fourth-order valence-corrected chi connectivity index (χ4v) is 4.43. The predicted octanol–water partition coefficient (Wildman–Crippen LogP) is 5.81. The topological polar surface area (TPSA) is 54.0 Å². The first-order valence-electron chi connectivity index (χ1n) is 8.17. The highest BCUT2D eigenvalue weighted by molar-refractivity contribution is 7.48. The molecule has 9 heteroatoms. The number of hydrogen-bond acceptors (Lipinski definition) is 5. The molecule has 146 valence electrons. The molecule has 5 nitrogen and oxygen atoms in total. The summed E-state index contributed by atoms with van der Waals surface area (Å²) < 4.78 is 35.3. The summed E-state index contributed by atoms with van der Waals surface area (Å²) in [4.78, 5) is 0. The minimum atomic E-state index is -3.78. The third-order valence-electron chi connectivity index (χ3n) is 3.85. The van der Waals surface area contributed by atoms with E-state index in [0.29, 0.717) is 6.61 Å². The van der Waals surface area contributed by atoms with E-state index in [1.807, 2.05) is 0 Å². The van der Waals surface area contributed by atoms with Crippen LogP contribution in [0.25, 0.3) is 0 Å². The van der Waals surface area contributed by atoms with Gasteiger partial charge < -0.3 is 4.43 Å². The second-order valence-electron chi connectivity index (χ2n) is 7.58. The molecule has 0 aliphatic carbocycles. The molecule has 0 aromatic rings. The molecule has 0 aromatic heterocycles. The zero-order chi connectivity index (χ0) is 19.2. The zero-order valence-corrected chi connectivity index (χ0v) is 19.5. The Morgan fingerprint density at radius 3 is 1.62 bits per heavy atom. The van der Waals surface area contributed by atoms with Crippen molar-refractivity contribution in [1.82, 2.24) is 0 Å². The van der Waals surface area contributed by atoms with Gasteiger partial charge in [0, 0.05) is 11.8 Å². The Hall–Kier alpha value is 0.867. The number of halogens is 2. The third kappa shape index (κ3) is 8.99. The lowest BCUT2D eigenvalue weighted by atomic mass is 10.2. The van der Waals surface area contributed by atoms with Gasteiger partial charge in [-0.05, 0) is 38.9 Å². The molecule has 3 unspecified atom stereocenters. The minimum absolute atomic E-state index is 0.0870. The molecule has 0 bridgehead atoms. The minimum Gasteiger partial charge on any atom is -0.414 e. The van der Waals surface area contributed by atoms with E-state index in [1.165, 1.54) is 0 Å². The molecule has 0 saturated carbocycles. The van der Waals surface area contributed by atoms with E-state index >= 15 is 0 Å². The van der Waals surface area contributed by atoms with Crippen LogP contribution in [0.3, 0.4) is 0 Å². The highest BCUT2D eigenvalue weighted by atomic mass is 35.5. The van der Waals surface area contributed by atoms with E-state index in [9.17, 15) is 4.57 Å². The van der Waals surface area contributed by atoms with Crippen molar-refractivity contribution in [2.75, 3.05) is 18.4 Å². The lowest BCUT2D eigenvalue weighted by Crippen LogP contribution is -2.42. The van der Waals surface area contributed by atoms with Gasteiger partial charge in [-0.15, -0.1) is 23.2 Å². The summed E-state index contributed by atoms with van der Waals surface area (Å²) in [6, 6.07) is 0. The first-order chi connectivity index (χ1) is 10.8. The lowest BCUT2D eigenvalue weighted by molar-refractivity contribution is 0.0361. The van der Waals surface area contributed by atoms with Crippen molar-refractivity contribution < 1.29 is 22.6 Å². The molecule has 3 atom stereocenters. The highest BCUT2D eigenvalue weighted by Crippen LogP contribution is 2.53. The molecule has 0 saturated heterocycles. The Morgan fingerprint density at radius 1 is 0.917 bits per heavy atom. The maximum Gasteiger partial charge on any atom is 0.475 e. The fraction of sp³-hybridized carbons (Fsp3) is 1.00. The molecule has 24 heavy (non-hydrogen) atoms. The van der Waals surface area contributed by atoms with Crippen LogP contribution in [0.15, 0.2) is 0 Å². The smallest absolute Gasteiger partial charge is 0.414 e. The molecule has 0 rings (SSSR count). The summed E-state index contributed by atoms with van der Waals surface area (Å²) in [5.41, 5.74) is 0. The number of rotatable bonds is 11. The van der Waals surface area contributed by atoms with Crippen molar-refractivity contribution in [3.05, 3.63) is 0 Å². The van der Waals surface area contributed by atoms with Crippen LogP contribution in [0.4, 0.5) is 0 Å². The molecule has 0 aromatic carbocycles. The average molecular weight is 423 g/mol. The first-order valence-corrected chi connectivity index (χ1v) is 13.6. The van der Waals surface area contributed by atoms with Crippen LogP contribution in [-0.2, 0) is 22.6 Å². The van der Waals surface area contributed by atoms with Gasteiger partial charge in [0.1, 0.15) is 0 Å². The standard InChI is InChI=1S/C15H33Cl2O5PSi/c1-12(9-16)20-23(18,21-13(2)10-17)22-14(3)11-19-24(7,8)15(4,5)6/h12-14H,9-11H2,1-8H3. The Kier molecular flexibility index (Phi) is 10.6. The average Bonchev–Trinajstić information content (AvgIpc) is 2.43. The molecule has 0 heterocycles. The Labute approximate surface area is 158 Å². The number of phosphoric acid groups is 1. The van der Waals surface area contributed by atoms with E-state index in [2.05, 4.69) is 33.9 Å². The van der Waals surface area contributed by atoms with Crippen molar-refractivity contribution in [2.24, 2.45) is 0 Å². The lowest BCUT2D eigenvalue weighted by Gasteiger charge is -2.37. The normalized spacial score (nSPS) is 19.6. The summed E-state index contributed by atoms with van der Waals surface area (Å²) in [6.07, 6.45) is -1.38. The predicted molar refractivity (Wildman–Crippen MR) is 104 cm³/mol. The van der Waals surface area contributed by atoms with E-state index in [-0.39, 0.29) is 16.8 Å². The maximum absolute atomic E-state index is 12.9. The summed E-state index contributed by atoms with van der Waals surface area (Å²) >= 11 is 11.5. The quantitative estimate of drug-likeness (QED) is 0.239. The van der Waals surface area contributed by atoms with Crippen LogP contribution in [-0.4, -0.2) is 45.0 Å². The van der Waals surface area contributed by atoms with Gasteiger partial charge in [-0.1, -0.05) is 20.8 Å². The van der Waals surface area contributed by atoms with Crippen molar-refractivity contribution in [2.45, 2.75) is 78.0 Å². The Bertz CT molecular complexity index is 401. The molecule has 0 spiro atoms. The van der Waals surface area contributed by atoms with Gasteiger partial charge in [-0.2, -0.15) is 0 Å². The number of phosphoric ester groups is 1. The van der Waals surface area contributed by atoms with Crippen LogP contribution in [0, 0.1) is 0 Å². The van der Waals surface area contributed by atoms with Crippen molar-refractivity contribution in [3.8, 4) is 0 Å². The Balaban J connectivity index is 4.87. The summed E-state index contributed by atoms with van der Waals surface area (Å²) in [6.45, 7) is 16.3. The summed E-state index contributed by atoms with van der Waals surface area (Å²) in [5.74, 6) is 0.363. The van der Waals surface area contributed by atoms with Crippen LogP contribution < -0.4 is 0 Å². The van der Waals surface area contributed by atoms with Crippen LogP contribution in [0.5, 0.6) is 0 Å². The molecule has 0 amide bonds. The van der Waals surface area contributed by atoms with E-state index in [0.717, 1.165) is 0 Å². The molecule has 0 N–H and O–H groups in total. The number of hydrogen-bond donors (Lipinski definition) is 0. The molecule has 0 radical (unpaired) electrons. The highest BCUT2D eigenvalue weighted by Gasteiger charge is 2.39. The summed E-state index contributed by atoms with van der Waals surface area (Å²) in [7, 11) is -5.69. The van der Waals surface area contributed by atoms with Crippen molar-refractivity contribution >= 4 is 39.3 Å². The maximum atomic E-state index is 12.9. The zero-order valence-electron chi connectivity index (χ0n) is 16.1. The SMILES string of the molecule is CC(CCl)OP(=O)(OC(C)CCl)OC(C)CO[Si](C)(C)C(C)(C)C. The number of alkyl halides is 2. The van der Waals surface area contributed by atoms with Gasteiger partial charge in [0.05, 0.1) is 24.9 Å². The molecule has 0 aliphatic rings. The van der Waals surface area contributed by atoms with E-state index in [1.54, 1.807) is 20.8 Å². The second kappa shape index (κ2) is 10.3. The van der Waals surface area contributed by atoms with Gasteiger partial charge in [0.2, 0.25) is 0 Å². The second-order valence-corrected chi connectivity index (χ2v) is 14.5. The van der Waals surface area contributed by atoms with Crippen LogP contribution >= 0.6 is 31.0 Å². The third-order valence-corrected chi connectivity index (χ3v) is 11.1. The Morgan fingerprint density at radius 2 is 1.29 bits per heavy atom. The van der Waals surface area contributed by atoms with E-state index < -0.39 is 34.5 Å². The van der Waals surface area contributed by atoms with Crippen LogP contribution in [0.2, 0.25) is 18.1 Å². The monoisotopic (exact) mass is 422 g/mol. The van der Waals surface area contributed by atoms with Gasteiger partial charge >= 0.3 is 7.82 Å². The van der Waals surface area contributed by atoms with Gasteiger partial charge in [-0.3, -0.25) is 13.6 Å². The molecular weight excluding hydrogens is 390 g/mol.